The maximum absolute atomic E-state index is 12.0. The lowest BCUT2D eigenvalue weighted by Gasteiger charge is -2.07. The standard InChI is InChI=1S/C17H17N3O6/c1-26-15-6-2-12(3-7-15)8-9-18-17(21)10-13-4-5-14(19(22)23)11-16(13)20(24)25/h2-7,11H,8-10H2,1H3,(H,18,21). The van der Waals surface area contributed by atoms with Gasteiger partial charge in [-0.3, -0.25) is 25.0 Å². The highest BCUT2D eigenvalue weighted by atomic mass is 16.6. The maximum Gasteiger partial charge on any atom is 0.279 e. The number of nitro benzene ring substituents is 2. The molecule has 0 fully saturated rings. The normalized spacial score (nSPS) is 10.2. The Bertz CT molecular complexity index is 820. The van der Waals surface area contributed by atoms with Gasteiger partial charge in [0, 0.05) is 18.2 Å². The first-order valence-electron chi connectivity index (χ1n) is 7.72. The minimum Gasteiger partial charge on any atom is -0.497 e. The van der Waals surface area contributed by atoms with E-state index in [-0.39, 0.29) is 17.7 Å². The summed E-state index contributed by atoms with van der Waals surface area (Å²) in [5.74, 6) is 0.346. The van der Waals surface area contributed by atoms with E-state index in [2.05, 4.69) is 5.32 Å². The van der Waals surface area contributed by atoms with E-state index in [1.54, 1.807) is 7.11 Å². The Morgan fingerprint density at radius 1 is 1.08 bits per heavy atom. The second kappa shape index (κ2) is 8.56. The van der Waals surface area contributed by atoms with Crippen LogP contribution in [0.25, 0.3) is 0 Å². The lowest BCUT2D eigenvalue weighted by molar-refractivity contribution is -0.394. The minimum atomic E-state index is -0.729. The number of methoxy groups -OCH3 is 1. The number of nitrogens with one attached hydrogen (secondary N) is 1. The van der Waals surface area contributed by atoms with Crippen LogP contribution in [-0.4, -0.2) is 29.4 Å². The highest BCUT2D eigenvalue weighted by Crippen LogP contribution is 2.25. The number of hydrogen-bond acceptors (Lipinski definition) is 6. The smallest absolute Gasteiger partial charge is 0.279 e. The number of nitrogens with zero attached hydrogens (tertiary/aromatic N) is 2. The van der Waals surface area contributed by atoms with Crippen molar-refractivity contribution >= 4 is 17.3 Å². The Labute approximate surface area is 148 Å². The lowest BCUT2D eigenvalue weighted by atomic mass is 10.1. The summed E-state index contributed by atoms with van der Waals surface area (Å²) in [7, 11) is 1.58. The molecule has 0 unspecified atom stereocenters. The van der Waals surface area contributed by atoms with Gasteiger partial charge < -0.3 is 10.1 Å². The summed E-state index contributed by atoms with van der Waals surface area (Å²) < 4.78 is 5.07. The third-order valence-electron chi connectivity index (χ3n) is 3.72. The van der Waals surface area contributed by atoms with Crippen molar-refractivity contribution in [1.29, 1.82) is 0 Å². The Morgan fingerprint density at radius 3 is 2.35 bits per heavy atom. The van der Waals surface area contributed by atoms with Gasteiger partial charge in [-0.2, -0.15) is 0 Å². The second-order valence-electron chi connectivity index (χ2n) is 5.45. The molecule has 2 rings (SSSR count). The molecule has 0 aliphatic carbocycles. The van der Waals surface area contributed by atoms with Crippen molar-refractivity contribution in [2.24, 2.45) is 0 Å². The third-order valence-corrected chi connectivity index (χ3v) is 3.72. The molecule has 0 atom stereocenters. The molecule has 0 saturated carbocycles. The van der Waals surface area contributed by atoms with Crippen LogP contribution in [0.15, 0.2) is 42.5 Å². The van der Waals surface area contributed by atoms with Crippen molar-refractivity contribution < 1.29 is 19.4 Å². The van der Waals surface area contributed by atoms with Crippen LogP contribution in [0.4, 0.5) is 11.4 Å². The highest BCUT2D eigenvalue weighted by Gasteiger charge is 2.20. The predicted octanol–water partition coefficient (Wildman–Crippen LogP) is 2.41. The molecule has 0 heterocycles. The zero-order chi connectivity index (χ0) is 19.1. The minimum absolute atomic E-state index is 0.127. The molecule has 0 bridgehead atoms. The number of ether oxygens (including phenoxy) is 1. The predicted molar refractivity (Wildman–Crippen MR) is 93.2 cm³/mol. The summed E-state index contributed by atoms with van der Waals surface area (Å²) in [6.07, 6.45) is 0.370. The number of amides is 1. The zero-order valence-electron chi connectivity index (χ0n) is 14.0. The van der Waals surface area contributed by atoms with E-state index >= 15 is 0 Å². The molecule has 2 aromatic rings. The summed E-state index contributed by atoms with van der Waals surface area (Å²) in [5.41, 5.74) is 0.305. The molecule has 1 N–H and O–H groups in total. The van der Waals surface area contributed by atoms with Crippen LogP contribution in [0, 0.1) is 20.2 Å². The van der Waals surface area contributed by atoms with Crippen LogP contribution in [0.1, 0.15) is 11.1 Å². The van der Waals surface area contributed by atoms with Crippen molar-refractivity contribution in [3.63, 3.8) is 0 Å². The van der Waals surface area contributed by atoms with Gasteiger partial charge in [0.2, 0.25) is 5.91 Å². The Kier molecular flexibility index (Phi) is 6.20. The van der Waals surface area contributed by atoms with Crippen LogP contribution < -0.4 is 10.1 Å². The number of nitro groups is 2. The van der Waals surface area contributed by atoms with E-state index in [1.165, 1.54) is 6.07 Å². The number of rotatable bonds is 8. The largest absolute Gasteiger partial charge is 0.497 e. The number of benzene rings is 2. The van der Waals surface area contributed by atoms with Gasteiger partial charge in [0.25, 0.3) is 11.4 Å². The van der Waals surface area contributed by atoms with Crippen molar-refractivity contribution in [2.45, 2.75) is 12.8 Å². The van der Waals surface area contributed by atoms with Crippen LogP contribution in [0.5, 0.6) is 5.75 Å². The van der Waals surface area contributed by atoms with Crippen molar-refractivity contribution in [3.8, 4) is 5.75 Å². The highest BCUT2D eigenvalue weighted by molar-refractivity contribution is 5.80. The fourth-order valence-corrected chi connectivity index (χ4v) is 2.36. The topological polar surface area (TPSA) is 125 Å². The van der Waals surface area contributed by atoms with Gasteiger partial charge in [0.15, 0.2) is 0 Å². The van der Waals surface area contributed by atoms with E-state index in [4.69, 9.17) is 4.74 Å². The summed E-state index contributed by atoms with van der Waals surface area (Å²) in [6, 6.07) is 10.6. The van der Waals surface area contributed by atoms with E-state index in [1.807, 2.05) is 24.3 Å². The molecule has 26 heavy (non-hydrogen) atoms. The first kappa shape index (κ1) is 18.8. The summed E-state index contributed by atoms with van der Waals surface area (Å²) in [6.45, 7) is 0.367. The van der Waals surface area contributed by atoms with Gasteiger partial charge in [-0.15, -0.1) is 0 Å². The first-order valence-corrected chi connectivity index (χ1v) is 7.72. The first-order chi connectivity index (χ1) is 12.4. The van der Waals surface area contributed by atoms with E-state index in [0.717, 1.165) is 23.4 Å². The molecular weight excluding hydrogens is 342 g/mol. The third kappa shape index (κ3) is 5.00. The number of non-ortho nitro benzene ring substituents is 1. The van der Waals surface area contributed by atoms with Gasteiger partial charge in [0.05, 0.1) is 29.4 Å². The SMILES string of the molecule is COc1ccc(CCNC(=O)Cc2ccc([N+](=O)[O-])cc2[N+](=O)[O-])cc1. The van der Waals surface area contributed by atoms with Crippen molar-refractivity contribution in [1.82, 2.24) is 5.32 Å². The summed E-state index contributed by atoms with van der Waals surface area (Å²) in [5, 5.41) is 24.5. The fraction of sp³-hybridized carbons (Fsp3) is 0.235. The molecule has 136 valence electrons. The van der Waals surface area contributed by atoms with E-state index in [9.17, 15) is 25.0 Å². The lowest BCUT2D eigenvalue weighted by Crippen LogP contribution is -2.27. The van der Waals surface area contributed by atoms with Gasteiger partial charge in [0.1, 0.15) is 5.75 Å². The molecule has 9 heteroatoms. The Morgan fingerprint density at radius 2 is 1.77 bits per heavy atom. The average molecular weight is 359 g/mol. The van der Waals surface area contributed by atoms with Gasteiger partial charge in [-0.1, -0.05) is 12.1 Å². The van der Waals surface area contributed by atoms with E-state index in [0.29, 0.717) is 13.0 Å². The molecule has 0 radical (unpaired) electrons. The number of carbonyl (C=O) groups is 1. The molecule has 0 spiro atoms. The van der Waals surface area contributed by atoms with Crippen LogP contribution >= 0.6 is 0 Å². The number of hydrogen-bond donors (Lipinski definition) is 1. The number of carbonyl (C=O) groups excluding carboxylic acids is 1. The van der Waals surface area contributed by atoms with Gasteiger partial charge in [-0.25, -0.2) is 0 Å². The summed E-state index contributed by atoms with van der Waals surface area (Å²) in [4.78, 5) is 32.4. The second-order valence-corrected chi connectivity index (χ2v) is 5.45. The molecule has 1 amide bonds. The fourth-order valence-electron chi connectivity index (χ4n) is 2.36. The van der Waals surface area contributed by atoms with E-state index < -0.39 is 21.4 Å². The average Bonchev–Trinajstić information content (AvgIpc) is 2.62. The van der Waals surface area contributed by atoms with Crippen molar-refractivity contribution in [2.75, 3.05) is 13.7 Å². The van der Waals surface area contributed by atoms with Gasteiger partial charge >= 0.3 is 0 Å². The zero-order valence-corrected chi connectivity index (χ0v) is 14.0. The monoisotopic (exact) mass is 359 g/mol. The molecule has 2 aromatic carbocycles. The molecule has 0 saturated heterocycles. The quantitative estimate of drug-likeness (QED) is 0.570. The van der Waals surface area contributed by atoms with Crippen LogP contribution in [0.2, 0.25) is 0 Å². The van der Waals surface area contributed by atoms with Gasteiger partial charge in [-0.05, 0) is 30.2 Å². The molecule has 0 aliphatic heterocycles. The molecular formula is C17H17N3O6. The maximum atomic E-state index is 12.0. The summed E-state index contributed by atoms with van der Waals surface area (Å²) >= 11 is 0. The Balaban J connectivity index is 1.94. The Hall–Kier alpha value is -3.49. The molecule has 0 aliphatic rings. The molecule has 9 nitrogen and oxygen atoms in total. The molecule has 0 aromatic heterocycles. The van der Waals surface area contributed by atoms with Crippen LogP contribution in [0.3, 0.4) is 0 Å². The van der Waals surface area contributed by atoms with Crippen molar-refractivity contribution in [3.05, 3.63) is 73.8 Å². The van der Waals surface area contributed by atoms with Crippen LogP contribution in [-0.2, 0) is 17.6 Å².